The zero-order valence-electron chi connectivity index (χ0n) is 16.6. The van der Waals surface area contributed by atoms with Gasteiger partial charge in [0.2, 0.25) is 5.78 Å². The molecule has 0 aliphatic heterocycles. The molecule has 28 heavy (non-hydrogen) atoms. The van der Waals surface area contributed by atoms with Gasteiger partial charge < -0.3 is 9.47 Å². The summed E-state index contributed by atoms with van der Waals surface area (Å²) in [4.78, 5) is 12.3. The number of aryl methyl sites for hydroxylation is 3. The molecule has 0 saturated carbocycles. The molecule has 0 N–H and O–H groups in total. The normalized spacial score (nSPS) is 11.0. The molecule has 0 unspecified atom stereocenters. The first-order valence-corrected chi connectivity index (χ1v) is 9.05. The molecule has 2 aromatic carbocycles. The maximum atomic E-state index is 12.3. The SMILES string of the molecule is COc1ccc(/C=C/C(=O)c2ccnn2C)cc1COc1cc(C)ccc1C. The van der Waals surface area contributed by atoms with E-state index in [0.717, 1.165) is 33.8 Å². The Bertz CT molecular complexity index is 1020. The van der Waals surface area contributed by atoms with Gasteiger partial charge in [0.05, 0.1) is 7.11 Å². The minimum Gasteiger partial charge on any atom is -0.496 e. The third-order valence-corrected chi connectivity index (χ3v) is 4.53. The topological polar surface area (TPSA) is 53.3 Å². The van der Waals surface area contributed by atoms with Crippen LogP contribution in [-0.2, 0) is 13.7 Å². The van der Waals surface area contributed by atoms with Gasteiger partial charge in [0.1, 0.15) is 23.8 Å². The molecule has 0 aliphatic carbocycles. The number of hydrogen-bond acceptors (Lipinski definition) is 4. The van der Waals surface area contributed by atoms with Crippen LogP contribution in [0.15, 0.2) is 54.7 Å². The summed E-state index contributed by atoms with van der Waals surface area (Å²) in [6, 6.07) is 13.6. The molecule has 5 heteroatoms. The van der Waals surface area contributed by atoms with Crippen molar-refractivity contribution in [3.63, 3.8) is 0 Å². The van der Waals surface area contributed by atoms with Crippen LogP contribution in [-0.4, -0.2) is 22.7 Å². The van der Waals surface area contributed by atoms with E-state index in [1.165, 1.54) is 0 Å². The van der Waals surface area contributed by atoms with Crippen LogP contribution < -0.4 is 9.47 Å². The zero-order valence-corrected chi connectivity index (χ0v) is 16.6. The quantitative estimate of drug-likeness (QED) is 0.449. The van der Waals surface area contributed by atoms with Crippen molar-refractivity contribution in [1.29, 1.82) is 0 Å². The lowest BCUT2D eigenvalue weighted by atomic mass is 10.1. The minimum atomic E-state index is -0.0935. The summed E-state index contributed by atoms with van der Waals surface area (Å²) in [5.41, 5.74) is 4.60. The van der Waals surface area contributed by atoms with Gasteiger partial charge in [-0.1, -0.05) is 24.3 Å². The van der Waals surface area contributed by atoms with Crippen molar-refractivity contribution in [2.75, 3.05) is 7.11 Å². The Morgan fingerprint density at radius 3 is 2.64 bits per heavy atom. The van der Waals surface area contributed by atoms with Crippen molar-refractivity contribution in [2.24, 2.45) is 7.05 Å². The van der Waals surface area contributed by atoms with Crippen LogP contribution in [0.25, 0.3) is 6.08 Å². The van der Waals surface area contributed by atoms with Crippen molar-refractivity contribution in [2.45, 2.75) is 20.5 Å². The second-order valence-electron chi connectivity index (χ2n) is 6.67. The number of allylic oxidation sites excluding steroid dienone is 1. The molecule has 0 atom stereocenters. The summed E-state index contributed by atoms with van der Waals surface area (Å²) in [5.74, 6) is 1.51. The number of ketones is 1. The maximum Gasteiger partial charge on any atom is 0.203 e. The van der Waals surface area contributed by atoms with Crippen molar-refractivity contribution in [1.82, 2.24) is 9.78 Å². The number of rotatable bonds is 7. The van der Waals surface area contributed by atoms with E-state index in [1.807, 2.05) is 44.2 Å². The first-order chi connectivity index (χ1) is 13.5. The largest absolute Gasteiger partial charge is 0.496 e. The maximum absolute atomic E-state index is 12.3. The standard InChI is InChI=1S/C23H24N2O3/c1-16-5-6-17(2)23(13-16)28-15-19-14-18(8-10-22(19)27-4)7-9-21(26)20-11-12-24-25(20)3/h5-14H,15H2,1-4H3/b9-7+. The highest BCUT2D eigenvalue weighted by Gasteiger charge is 2.08. The van der Waals surface area contributed by atoms with Crippen molar-refractivity contribution < 1.29 is 14.3 Å². The van der Waals surface area contributed by atoms with Gasteiger partial charge in [-0.3, -0.25) is 9.48 Å². The Kier molecular flexibility index (Phi) is 5.94. The molecule has 0 saturated heterocycles. The fourth-order valence-electron chi connectivity index (χ4n) is 2.91. The third kappa shape index (κ3) is 4.49. The number of benzene rings is 2. The van der Waals surface area contributed by atoms with E-state index < -0.39 is 0 Å². The molecule has 0 amide bonds. The van der Waals surface area contributed by atoms with E-state index >= 15 is 0 Å². The number of methoxy groups -OCH3 is 1. The van der Waals surface area contributed by atoms with Gasteiger partial charge in [-0.15, -0.1) is 0 Å². The van der Waals surface area contributed by atoms with Gasteiger partial charge >= 0.3 is 0 Å². The predicted molar refractivity (Wildman–Crippen MR) is 110 cm³/mol. The Balaban J connectivity index is 1.78. The summed E-state index contributed by atoms with van der Waals surface area (Å²) in [6.07, 6.45) is 4.95. The highest BCUT2D eigenvalue weighted by molar-refractivity contribution is 6.05. The van der Waals surface area contributed by atoms with Crippen LogP contribution in [0.5, 0.6) is 11.5 Å². The summed E-state index contributed by atoms with van der Waals surface area (Å²) in [6.45, 7) is 4.44. The number of aromatic nitrogens is 2. The summed E-state index contributed by atoms with van der Waals surface area (Å²) >= 11 is 0. The van der Waals surface area contributed by atoms with Gasteiger partial charge in [-0.25, -0.2) is 0 Å². The molecule has 1 aromatic heterocycles. The van der Waals surface area contributed by atoms with Crippen LogP contribution >= 0.6 is 0 Å². The van der Waals surface area contributed by atoms with Gasteiger partial charge in [0, 0.05) is 18.8 Å². The average Bonchev–Trinajstić information content (AvgIpc) is 3.12. The number of nitrogens with zero attached hydrogens (tertiary/aromatic N) is 2. The molecule has 144 valence electrons. The van der Waals surface area contributed by atoms with Crippen LogP contribution in [0.3, 0.4) is 0 Å². The Morgan fingerprint density at radius 2 is 1.93 bits per heavy atom. The Hall–Kier alpha value is -3.34. The summed E-state index contributed by atoms with van der Waals surface area (Å²) in [7, 11) is 3.38. The van der Waals surface area contributed by atoms with E-state index in [4.69, 9.17) is 9.47 Å². The smallest absolute Gasteiger partial charge is 0.203 e. The molecule has 0 fully saturated rings. The number of carbonyl (C=O) groups excluding carboxylic acids is 1. The molecule has 5 nitrogen and oxygen atoms in total. The number of hydrogen-bond donors (Lipinski definition) is 0. The van der Waals surface area contributed by atoms with Gasteiger partial charge in [-0.05, 0) is 60.9 Å². The molecular formula is C23H24N2O3. The molecule has 1 heterocycles. The lowest BCUT2D eigenvalue weighted by molar-refractivity contribution is 0.103. The minimum absolute atomic E-state index is 0.0935. The summed E-state index contributed by atoms with van der Waals surface area (Å²) < 4.78 is 13.0. The highest BCUT2D eigenvalue weighted by atomic mass is 16.5. The van der Waals surface area contributed by atoms with E-state index in [9.17, 15) is 4.79 Å². The molecule has 3 aromatic rings. The predicted octanol–water partition coefficient (Wildman–Crippen LogP) is 4.52. The lowest BCUT2D eigenvalue weighted by Crippen LogP contribution is -2.04. The van der Waals surface area contributed by atoms with Crippen LogP contribution in [0.4, 0.5) is 0 Å². The van der Waals surface area contributed by atoms with E-state index in [0.29, 0.717) is 12.3 Å². The van der Waals surface area contributed by atoms with Gasteiger partial charge in [0.15, 0.2) is 0 Å². The molecular weight excluding hydrogens is 352 g/mol. The molecule has 0 spiro atoms. The van der Waals surface area contributed by atoms with Crippen LogP contribution in [0.2, 0.25) is 0 Å². The Labute approximate surface area is 165 Å². The third-order valence-electron chi connectivity index (χ3n) is 4.53. The van der Waals surface area contributed by atoms with Crippen molar-refractivity contribution in [3.05, 3.63) is 82.7 Å². The second-order valence-corrected chi connectivity index (χ2v) is 6.67. The first kappa shape index (κ1) is 19.4. The highest BCUT2D eigenvalue weighted by Crippen LogP contribution is 2.25. The van der Waals surface area contributed by atoms with Crippen LogP contribution in [0.1, 0.15) is 32.7 Å². The summed E-state index contributed by atoms with van der Waals surface area (Å²) in [5, 5.41) is 4.02. The molecule has 0 bridgehead atoms. The lowest BCUT2D eigenvalue weighted by Gasteiger charge is -2.13. The van der Waals surface area contributed by atoms with Crippen LogP contribution in [0, 0.1) is 13.8 Å². The molecule has 3 rings (SSSR count). The van der Waals surface area contributed by atoms with Gasteiger partial charge in [-0.2, -0.15) is 5.10 Å². The van der Waals surface area contributed by atoms with Gasteiger partial charge in [0.25, 0.3) is 0 Å². The van der Waals surface area contributed by atoms with Crippen molar-refractivity contribution in [3.8, 4) is 11.5 Å². The second kappa shape index (κ2) is 8.57. The number of ether oxygens (including phenoxy) is 2. The molecule has 0 radical (unpaired) electrons. The fraction of sp³-hybridized carbons (Fsp3) is 0.217. The average molecular weight is 376 g/mol. The van der Waals surface area contributed by atoms with E-state index in [-0.39, 0.29) is 5.78 Å². The zero-order chi connectivity index (χ0) is 20.1. The fourth-order valence-corrected chi connectivity index (χ4v) is 2.91. The number of carbonyl (C=O) groups is 1. The first-order valence-electron chi connectivity index (χ1n) is 9.05. The van der Waals surface area contributed by atoms with E-state index in [2.05, 4.69) is 11.2 Å². The van der Waals surface area contributed by atoms with E-state index in [1.54, 1.807) is 43.3 Å². The monoisotopic (exact) mass is 376 g/mol. The Morgan fingerprint density at radius 1 is 1.11 bits per heavy atom. The molecule has 0 aliphatic rings. The van der Waals surface area contributed by atoms with Crippen molar-refractivity contribution >= 4 is 11.9 Å².